The van der Waals surface area contributed by atoms with Gasteiger partial charge in [-0.1, -0.05) is 29.4 Å². The van der Waals surface area contributed by atoms with Gasteiger partial charge in [0.25, 0.3) is 5.89 Å². The molecule has 0 spiro atoms. The Hall–Kier alpha value is -4.85. The molecule has 164 valence electrons. The second-order valence-electron chi connectivity index (χ2n) is 7.86. The summed E-state index contributed by atoms with van der Waals surface area (Å²) in [7, 11) is 0. The number of anilines is 2. The van der Waals surface area contributed by atoms with E-state index in [1.165, 1.54) is 0 Å². The third-order valence-electron chi connectivity index (χ3n) is 5.43. The van der Waals surface area contributed by atoms with Crippen molar-refractivity contribution in [2.45, 2.75) is 6.92 Å². The third kappa shape index (κ3) is 3.88. The Morgan fingerprint density at radius 2 is 1.68 bits per heavy atom. The molecule has 0 aliphatic rings. The van der Waals surface area contributed by atoms with Crippen molar-refractivity contribution in [1.29, 1.82) is 0 Å². The molecule has 0 bridgehead atoms. The fraction of sp³-hybridized carbons (Fsp3) is 0.0385. The Labute approximate surface area is 194 Å². The first-order valence-electron chi connectivity index (χ1n) is 10.8. The Bertz CT molecular complexity index is 1590. The van der Waals surface area contributed by atoms with Crippen LogP contribution in [0.5, 0.6) is 0 Å². The van der Waals surface area contributed by atoms with Crippen LogP contribution in [0, 0.1) is 6.92 Å². The molecule has 3 aromatic carbocycles. The lowest BCUT2D eigenvalue weighted by Gasteiger charge is -2.08. The molecule has 8 nitrogen and oxygen atoms in total. The summed E-state index contributed by atoms with van der Waals surface area (Å²) in [5, 5.41) is 15.4. The molecule has 0 unspecified atom stereocenters. The largest absolute Gasteiger partial charge is 0.356 e. The highest BCUT2D eigenvalue weighted by molar-refractivity contribution is 5.83. The zero-order valence-corrected chi connectivity index (χ0v) is 18.2. The molecule has 0 saturated heterocycles. The van der Waals surface area contributed by atoms with Crippen LogP contribution in [0.15, 0.2) is 89.6 Å². The Morgan fingerprint density at radius 1 is 0.794 bits per heavy atom. The average molecular weight is 445 g/mol. The molecule has 6 rings (SSSR count). The van der Waals surface area contributed by atoms with Crippen molar-refractivity contribution in [3.8, 4) is 34.1 Å². The predicted octanol–water partition coefficient (Wildman–Crippen LogP) is 5.79. The van der Waals surface area contributed by atoms with Gasteiger partial charge in [-0.15, -0.1) is 0 Å². The molecule has 0 saturated carbocycles. The highest BCUT2D eigenvalue weighted by atomic mass is 16.5. The van der Waals surface area contributed by atoms with Crippen LogP contribution >= 0.6 is 0 Å². The van der Waals surface area contributed by atoms with Gasteiger partial charge in [-0.25, -0.2) is 4.98 Å². The van der Waals surface area contributed by atoms with Crippen molar-refractivity contribution in [1.82, 2.24) is 30.3 Å². The van der Waals surface area contributed by atoms with Crippen molar-refractivity contribution >= 4 is 22.4 Å². The first-order valence-corrected chi connectivity index (χ1v) is 10.8. The number of H-pyrrole nitrogens is 1. The maximum Gasteiger partial charge on any atom is 0.257 e. The van der Waals surface area contributed by atoms with Crippen molar-refractivity contribution in [2.75, 3.05) is 5.32 Å². The van der Waals surface area contributed by atoms with E-state index >= 15 is 0 Å². The third-order valence-corrected chi connectivity index (χ3v) is 5.43. The molecular formula is C26H19N7O. The number of hydrogen-bond acceptors (Lipinski definition) is 7. The van der Waals surface area contributed by atoms with E-state index < -0.39 is 0 Å². The molecule has 0 atom stereocenters. The standard InChI is InChI=1S/C26H19N7O/c1-16-28-26(34-33-16)19-9-12-23-24(15-19)31-25(30-23)18-4-2-5-21(14-18)29-20-10-7-17(8-11-20)22-6-3-13-27-32-22/h2-15,29H,1H3,(H,30,31). The number of nitrogens with zero attached hydrogens (tertiary/aromatic N) is 5. The molecule has 0 aliphatic carbocycles. The molecule has 0 aliphatic heterocycles. The van der Waals surface area contributed by atoms with Gasteiger partial charge in [0.2, 0.25) is 0 Å². The molecule has 3 aromatic heterocycles. The van der Waals surface area contributed by atoms with E-state index in [9.17, 15) is 0 Å². The predicted molar refractivity (Wildman–Crippen MR) is 130 cm³/mol. The Balaban J connectivity index is 1.25. The maximum absolute atomic E-state index is 5.29. The zero-order valence-electron chi connectivity index (χ0n) is 18.2. The highest BCUT2D eigenvalue weighted by Gasteiger charge is 2.11. The second-order valence-corrected chi connectivity index (χ2v) is 7.86. The number of rotatable bonds is 5. The SMILES string of the molecule is Cc1noc(-c2ccc3nc(-c4cccc(Nc5ccc(-c6cccnn6)cc5)c4)[nH]c3c2)n1. The number of nitrogens with one attached hydrogen (secondary N) is 2. The summed E-state index contributed by atoms with van der Waals surface area (Å²) in [5.74, 6) is 1.88. The van der Waals surface area contributed by atoms with Crippen molar-refractivity contribution < 1.29 is 4.52 Å². The quantitative estimate of drug-likeness (QED) is 0.346. The lowest BCUT2D eigenvalue weighted by Crippen LogP contribution is -1.92. The first-order chi connectivity index (χ1) is 16.7. The van der Waals surface area contributed by atoms with Gasteiger partial charge < -0.3 is 14.8 Å². The highest BCUT2D eigenvalue weighted by Crippen LogP contribution is 2.28. The van der Waals surface area contributed by atoms with E-state index in [1.807, 2.05) is 72.8 Å². The average Bonchev–Trinajstić information content (AvgIpc) is 3.51. The summed E-state index contributed by atoms with van der Waals surface area (Å²) >= 11 is 0. The van der Waals surface area contributed by atoms with Crippen LogP contribution < -0.4 is 5.32 Å². The summed E-state index contributed by atoms with van der Waals surface area (Å²) < 4.78 is 5.29. The van der Waals surface area contributed by atoms with Crippen LogP contribution in [0.25, 0.3) is 45.1 Å². The molecule has 8 heteroatoms. The van der Waals surface area contributed by atoms with E-state index in [-0.39, 0.29) is 0 Å². The summed E-state index contributed by atoms with van der Waals surface area (Å²) in [4.78, 5) is 12.5. The van der Waals surface area contributed by atoms with Crippen LogP contribution in [-0.2, 0) is 0 Å². The Morgan fingerprint density at radius 3 is 2.47 bits per heavy atom. The van der Waals surface area contributed by atoms with Gasteiger partial charge in [-0.05, 0) is 61.5 Å². The van der Waals surface area contributed by atoms with Gasteiger partial charge in [0.05, 0.1) is 16.7 Å². The van der Waals surface area contributed by atoms with Gasteiger partial charge in [-0.2, -0.15) is 15.2 Å². The number of imidazole rings is 1. The number of aryl methyl sites for hydroxylation is 1. The fourth-order valence-electron chi connectivity index (χ4n) is 3.78. The normalized spacial score (nSPS) is 11.1. The smallest absolute Gasteiger partial charge is 0.257 e. The van der Waals surface area contributed by atoms with Crippen LogP contribution in [0.3, 0.4) is 0 Å². The topological polar surface area (TPSA) is 105 Å². The molecule has 34 heavy (non-hydrogen) atoms. The van der Waals surface area contributed by atoms with Gasteiger partial charge >= 0.3 is 0 Å². The van der Waals surface area contributed by atoms with Gasteiger partial charge in [0.1, 0.15) is 5.82 Å². The molecule has 0 amide bonds. The summed E-state index contributed by atoms with van der Waals surface area (Å²) in [6, 6.07) is 25.9. The minimum atomic E-state index is 0.493. The van der Waals surface area contributed by atoms with E-state index in [2.05, 4.69) is 36.7 Å². The van der Waals surface area contributed by atoms with Crippen LogP contribution in [0.4, 0.5) is 11.4 Å². The summed E-state index contributed by atoms with van der Waals surface area (Å²) in [6.45, 7) is 1.80. The number of aromatic amines is 1. The molecule has 0 fully saturated rings. The number of hydrogen-bond donors (Lipinski definition) is 2. The van der Waals surface area contributed by atoms with E-state index in [1.54, 1.807) is 13.1 Å². The van der Waals surface area contributed by atoms with Crippen molar-refractivity contribution in [2.24, 2.45) is 0 Å². The number of fused-ring (bicyclic) bond motifs is 1. The van der Waals surface area contributed by atoms with Gasteiger partial charge in [0, 0.05) is 34.3 Å². The second kappa shape index (κ2) is 8.25. The summed E-state index contributed by atoms with van der Waals surface area (Å²) in [5.41, 5.74) is 7.41. The molecule has 0 radical (unpaired) electrons. The van der Waals surface area contributed by atoms with Crippen molar-refractivity contribution in [3.05, 3.63) is 90.9 Å². The first kappa shape index (κ1) is 19.8. The minimum Gasteiger partial charge on any atom is -0.356 e. The molecule has 3 heterocycles. The molecule has 6 aromatic rings. The van der Waals surface area contributed by atoms with Gasteiger partial charge in [0.15, 0.2) is 5.82 Å². The van der Waals surface area contributed by atoms with Crippen molar-refractivity contribution in [3.63, 3.8) is 0 Å². The monoisotopic (exact) mass is 445 g/mol. The van der Waals surface area contributed by atoms with Crippen LogP contribution in [0.1, 0.15) is 5.82 Å². The lowest BCUT2D eigenvalue weighted by molar-refractivity contribution is 0.425. The number of benzene rings is 3. The zero-order chi connectivity index (χ0) is 22.9. The number of aromatic nitrogens is 6. The van der Waals surface area contributed by atoms with Crippen LogP contribution in [0.2, 0.25) is 0 Å². The maximum atomic E-state index is 5.29. The molecule has 2 N–H and O–H groups in total. The molecular weight excluding hydrogens is 426 g/mol. The lowest BCUT2D eigenvalue weighted by atomic mass is 10.1. The minimum absolute atomic E-state index is 0.493. The fourth-order valence-corrected chi connectivity index (χ4v) is 3.78. The van der Waals surface area contributed by atoms with Crippen LogP contribution in [-0.4, -0.2) is 30.3 Å². The van der Waals surface area contributed by atoms with Gasteiger partial charge in [-0.3, -0.25) is 0 Å². The summed E-state index contributed by atoms with van der Waals surface area (Å²) in [6.07, 6.45) is 1.67. The Kier molecular flexibility index (Phi) is 4.81. The van der Waals surface area contributed by atoms with E-state index in [4.69, 9.17) is 9.51 Å². The van der Waals surface area contributed by atoms with E-state index in [0.29, 0.717) is 11.7 Å². The van der Waals surface area contributed by atoms with E-state index in [0.717, 1.165) is 50.6 Å².